The van der Waals surface area contributed by atoms with Crippen LogP contribution in [0.1, 0.15) is 6.42 Å². The van der Waals surface area contributed by atoms with Crippen LogP contribution >= 0.6 is 23.2 Å². The molecule has 1 atom stereocenters. The number of likely N-dealkylation sites (tertiary alicyclic amines) is 1. The molecule has 1 aliphatic rings. The first-order valence-corrected chi connectivity index (χ1v) is 6.39. The highest BCUT2D eigenvalue weighted by molar-refractivity contribution is 6.35. The van der Waals surface area contributed by atoms with Crippen molar-refractivity contribution in [1.29, 1.82) is 0 Å². The molecule has 1 unspecified atom stereocenters. The van der Waals surface area contributed by atoms with Gasteiger partial charge in [-0.2, -0.15) is 0 Å². The van der Waals surface area contributed by atoms with Crippen molar-refractivity contribution in [2.45, 2.75) is 12.5 Å². The van der Waals surface area contributed by atoms with Gasteiger partial charge >= 0.3 is 0 Å². The molecule has 17 heavy (non-hydrogen) atoms. The third-order valence-electron chi connectivity index (χ3n) is 2.81. The second kappa shape index (κ2) is 5.91. The number of nitrogens with zero attached hydrogens (tertiary/aromatic N) is 1. The van der Waals surface area contributed by atoms with Crippen LogP contribution in [0.3, 0.4) is 0 Å². The maximum absolute atomic E-state index is 9.37. The number of β-amino-alcohol motifs (C(OH)–C–C–N with tert-alkyl or cyclic N) is 1. The fourth-order valence-electron chi connectivity index (χ4n) is 1.89. The van der Waals surface area contributed by atoms with E-state index in [0.29, 0.717) is 22.4 Å². The zero-order valence-electron chi connectivity index (χ0n) is 9.40. The Balaban J connectivity index is 1.78. The van der Waals surface area contributed by atoms with Crippen LogP contribution in [0.5, 0.6) is 5.75 Å². The molecule has 94 valence electrons. The number of hydrogen-bond donors (Lipinski definition) is 1. The molecular weight excluding hydrogens is 261 g/mol. The van der Waals surface area contributed by atoms with E-state index in [0.717, 1.165) is 26.1 Å². The Bertz CT molecular complexity index is 387. The lowest BCUT2D eigenvalue weighted by Gasteiger charge is -2.15. The number of halogens is 2. The Morgan fingerprint density at radius 3 is 2.88 bits per heavy atom. The first kappa shape index (κ1) is 13.0. The van der Waals surface area contributed by atoms with E-state index in [1.54, 1.807) is 18.2 Å². The van der Waals surface area contributed by atoms with E-state index < -0.39 is 0 Å². The molecule has 2 rings (SSSR count). The number of benzene rings is 1. The van der Waals surface area contributed by atoms with Crippen LogP contribution in [0, 0.1) is 0 Å². The Morgan fingerprint density at radius 2 is 2.24 bits per heavy atom. The molecule has 1 heterocycles. The van der Waals surface area contributed by atoms with Crippen LogP contribution in [0.2, 0.25) is 10.0 Å². The minimum atomic E-state index is -0.186. The summed E-state index contributed by atoms with van der Waals surface area (Å²) in [6.45, 7) is 3.03. The molecule has 1 fully saturated rings. The fraction of sp³-hybridized carbons (Fsp3) is 0.500. The Labute approximate surface area is 111 Å². The van der Waals surface area contributed by atoms with E-state index in [9.17, 15) is 5.11 Å². The van der Waals surface area contributed by atoms with Crippen molar-refractivity contribution in [3.8, 4) is 5.75 Å². The quantitative estimate of drug-likeness (QED) is 0.916. The van der Waals surface area contributed by atoms with Gasteiger partial charge in [0.1, 0.15) is 12.4 Å². The maximum atomic E-state index is 9.37. The fourth-order valence-corrected chi connectivity index (χ4v) is 2.36. The van der Waals surface area contributed by atoms with Crippen molar-refractivity contribution in [2.75, 3.05) is 26.2 Å². The minimum Gasteiger partial charge on any atom is -0.491 e. The number of hydrogen-bond acceptors (Lipinski definition) is 3. The summed E-state index contributed by atoms with van der Waals surface area (Å²) in [6, 6.07) is 5.18. The first-order chi connectivity index (χ1) is 8.15. The Kier molecular flexibility index (Phi) is 4.51. The molecular formula is C12H15Cl2NO2. The van der Waals surface area contributed by atoms with Crippen LogP contribution in [0.25, 0.3) is 0 Å². The van der Waals surface area contributed by atoms with Gasteiger partial charge in [0, 0.05) is 24.7 Å². The highest BCUT2D eigenvalue weighted by Crippen LogP contribution is 2.27. The van der Waals surface area contributed by atoms with E-state index in [2.05, 4.69) is 4.90 Å². The Hall–Kier alpha value is -0.480. The van der Waals surface area contributed by atoms with Crippen molar-refractivity contribution in [3.63, 3.8) is 0 Å². The SMILES string of the molecule is OC1CCN(CCOc2ccc(Cl)cc2Cl)C1. The summed E-state index contributed by atoms with van der Waals surface area (Å²) in [4.78, 5) is 2.18. The summed E-state index contributed by atoms with van der Waals surface area (Å²) in [5.41, 5.74) is 0. The summed E-state index contributed by atoms with van der Waals surface area (Å²) < 4.78 is 5.58. The molecule has 0 saturated carbocycles. The maximum Gasteiger partial charge on any atom is 0.138 e. The summed E-state index contributed by atoms with van der Waals surface area (Å²) >= 11 is 11.8. The van der Waals surface area contributed by atoms with Gasteiger partial charge in [0.2, 0.25) is 0 Å². The molecule has 1 N–H and O–H groups in total. The average Bonchev–Trinajstić information content (AvgIpc) is 2.68. The van der Waals surface area contributed by atoms with Gasteiger partial charge in [-0.15, -0.1) is 0 Å². The molecule has 1 saturated heterocycles. The van der Waals surface area contributed by atoms with Gasteiger partial charge in [-0.25, -0.2) is 0 Å². The standard InChI is InChI=1S/C12H15Cl2NO2/c13-9-1-2-12(11(14)7-9)17-6-5-15-4-3-10(16)8-15/h1-2,7,10,16H,3-6,8H2. The molecule has 0 aliphatic carbocycles. The third-order valence-corrected chi connectivity index (χ3v) is 3.34. The van der Waals surface area contributed by atoms with E-state index in [1.165, 1.54) is 0 Å². The smallest absolute Gasteiger partial charge is 0.138 e. The van der Waals surface area contributed by atoms with Crippen LogP contribution in [-0.2, 0) is 0 Å². The summed E-state index contributed by atoms with van der Waals surface area (Å²) in [5, 5.41) is 10.5. The lowest BCUT2D eigenvalue weighted by Crippen LogP contribution is -2.27. The lowest BCUT2D eigenvalue weighted by molar-refractivity contribution is 0.167. The van der Waals surface area contributed by atoms with Crippen molar-refractivity contribution in [1.82, 2.24) is 4.90 Å². The number of ether oxygens (including phenoxy) is 1. The largest absolute Gasteiger partial charge is 0.491 e. The molecule has 1 aliphatic heterocycles. The van der Waals surface area contributed by atoms with Gasteiger partial charge < -0.3 is 9.84 Å². The molecule has 0 amide bonds. The van der Waals surface area contributed by atoms with E-state index in [1.807, 2.05) is 0 Å². The van der Waals surface area contributed by atoms with Gasteiger partial charge in [0.25, 0.3) is 0 Å². The van der Waals surface area contributed by atoms with Crippen LogP contribution in [-0.4, -0.2) is 42.4 Å². The highest BCUT2D eigenvalue weighted by Gasteiger charge is 2.19. The average molecular weight is 276 g/mol. The summed E-state index contributed by atoms with van der Waals surface area (Å²) in [7, 11) is 0. The van der Waals surface area contributed by atoms with Crippen molar-refractivity contribution in [3.05, 3.63) is 28.2 Å². The summed E-state index contributed by atoms with van der Waals surface area (Å²) in [6.07, 6.45) is 0.663. The van der Waals surface area contributed by atoms with Crippen molar-refractivity contribution >= 4 is 23.2 Å². The van der Waals surface area contributed by atoms with Gasteiger partial charge in [0.05, 0.1) is 11.1 Å². The Morgan fingerprint density at radius 1 is 1.41 bits per heavy atom. The molecule has 1 aromatic carbocycles. The molecule has 3 nitrogen and oxygen atoms in total. The predicted molar refractivity (Wildman–Crippen MR) is 69.0 cm³/mol. The second-order valence-corrected chi connectivity index (χ2v) is 5.01. The third kappa shape index (κ3) is 3.75. The summed E-state index contributed by atoms with van der Waals surface area (Å²) in [5.74, 6) is 0.649. The zero-order chi connectivity index (χ0) is 12.3. The lowest BCUT2D eigenvalue weighted by atomic mass is 10.3. The monoisotopic (exact) mass is 275 g/mol. The van der Waals surface area contributed by atoms with Gasteiger partial charge in [-0.05, 0) is 24.6 Å². The van der Waals surface area contributed by atoms with Crippen molar-refractivity contribution < 1.29 is 9.84 Å². The number of aliphatic hydroxyl groups excluding tert-OH is 1. The molecule has 0 aromatic heterocycles. The zero-order valence-corrected chi connectivity index (χ0v) is 10.9. The van der Waals surface area contributed by atoms with Crippen LogP contribution < -0.4 is 4.74 Å². The number of rotatable bonds is 4. The second-order valence-electron chi connectivity index (χ2n) is 4.17. The molecule has 0 bridgehead atoms. The van der Waals surface area contributed by atoms with E-state index in [-0.39, 0.29) is 6.10 Å². The molecule has 0 spiro atoms. The van der Waals surface area contributed by atoms with Crippen LogP contribution in [0.15, 0.2) is 18.2 Å². The molecule has 5 heteroatoms. The van der Waals surface area contributed by atoms with E-state index >= 15 is 0 Å². The van der Waals surface area contributed by atoms with Gasteiger partial charge in [-0.1, -0.05) is 23.2 Å². The highest BCUT2D eigenvalue weighted by atomic mass is 35.5. The van der Waals surface area contributed by atoms with Crippen LogP contribution in [0.4, 0.5) is 0 Å². The molecule has 0 radical (unpaired) electrons. The topological polar surface area (TPSA) is 32.7 Å². The minimum absolute atomic E-state index is 0.186. The number of aliphatic hydroxyl groups is 1. The molecule has 1 aromatic rings. The van der Waals surface area contributed by atoms with Crippen molar-refractivity contribution in [2.24, 2.45) is 0 Å². The normalized spacial score (nSPS) is 20.8. The van der Waals surface area contributed by atoms with Gasteiger partial charge in [-0.3, -0.25) is 4.90 Å². The van der Waals surface area contributed by atoms with E-state index in [4.69, 9.17) is 27.9 Å². The first-order valence-electron chi connectivity index (χ1n) is 5.63. The predicted octanol–water partition coefficient (Wildman–Crippen LogP) is 2.44. The van der Waals surface area contributed by atoms with Gasteiger partial charge in [0.15, 0.2) is 0 Å².